The van der Waals surface area contributed by atoms with Gasteiger partial charge in [0.2, 0.25) is 0 Å². The molecule has 3 heteroatoms. The maximum Gasteiger partial charge on any atom is 0.161 e. The average molecular weight is 727 g/mol. The van der Waals surface area contributed by atoms with E-state index < -0.39 is 5.41 Å². The SMILES string of the molecule is C1=Cc2cc(-c3cc(-c4ccccc4)nc(-c4ccccc4-c4cccc5c4Oc4ccccc4C54c5ccccc5-c5ccccc54)n3)cc3cccc(c23)C1. The Kier molecular flexibility index (Phi) is 6.91. The molecule has 12 rings (SSSR count). The van der Waals surface area contributed by atoms with Crippen molar-refractivity contribution in [2.45, 2.75) is 11.8 Å². The molecule has 1 aliphatic heterocycles. The van der Waals surface area contributed by atoms with Gasteiger partial charge < -0.3 is 4.74 Å². The Labute approximate surface area is 331 Å². The van der Waals surface area contributed by atoms with Crippen LogP contribution in [0, 0.1) is 0 Å². The maximum absolute atomic E-state index is 7.09. The second-order valence-electron chi connectivity index (χ2n) is 15.2. The largest absolute Gasteiger partial charge is 0.456 e. The van der Waals surface area contributed by atoms with E-state index in [1.165, 1.54) is 44.2 Å². The van der Waals surface area contributed by atoms with E-state index in [4.69, 9.17) is 14.7 Å². The lowest BCUT2D eigenvalue weighted by atomic mass is 9.65. The van der Waals surface area contributed by atoms with Crippen molar-refractivity contribution in [1.82, 2.24) is 9.97 Å². The summed E-state index contributed by atoms with van der Waals surface area (Å²) in [5.74, 6) is 2.38. The lowest BCUT2D eigenvalue weighted by Gasteiger charge is -2.40. The molecular weight excluding hydrogens is 693 g/mol. The van der Waals surface area contributed by atoms with Crippen LogP contribution >= 0.6 is 0 Å². The molecule has 57 heavy (non-hydrogen) atoms. The number of hydrogen-bond acceptors (Lipinski definition) is 3. The summed E-state index contributed by atoms with van der Waals surface area (Å²) in [6.45, 7) is 0. The maximum atomic E-state index is 7.09. The van der Waals surface area contributed by atoms with Crippen LogP contribution in [0.25, 0.3) is 73.0 Å². The minimum Gasteiger partial charge on any atom is -0.456 e. The van der Waals surface area contributed by atoms with Gasteiger partial charge in [-0.25, -0.2) is 9.97 Å². The quantitative estimate of drug-likeness (QED) is 0.181. The molecule has 0 amide bonds. The molecule has 8 aromatic carbocycles. The molecule has 0 N–H and O–H groups in total. The second-order valence-corrected chi connectivity index (χ2v) is 15.2. The molecule has 0 radical (unpaired) electrons. The second kappa shape index (κ2) is 12.3. The Morgan fingerprint density at radius 3 is 1.86 bits per heavy atom. The highest BCUT2D eigenvalue weighted by Crippen LogP contribution is 2.63. The van der Waals surface area contributed by atoms with Crippen molar-refractivity contribution in [3.63, 3.8) is 0 Å². The number of fused-ring (bicyclic) bond motifs is 9. The molecule has 0 saturated carbocycles. The van der Waals surface area contributed by atoms with E-state index in [1.807, 2.05) is 6.07 Å². The first kappa shape index (κ1) is 31.9. The highest BCUT2D eigenvalue weighted by molar-refractivity contribution is 5.98. The van der Waals surface area contributed by atoms with Gasteiger partial charge in [-0.05, 0) is 80.4 Å². The molecule has 2 aliphatic carbocycles. The summed E-state index contributed by atoms with van der Waals surface area (Å²) in [7, 11) is 0. The molecule has 2 heterocycles. The predicted molar refractivity (Wildman–Crippen MR) is 231 cm³/mol. The van der Waals surface area contributed by atoms with Crippen LogP contribution < -0.4 is 4.74 Å². The third-order valence-electron chi connectivity index (χ3n) is 12.2. The van der Waals surface area contributed by atoms with Crippen molar-refractivity contribution >= 4 is 16.8 Å². The highest BCUT2D eigenvalue weighted by Gasteiger charge is 2.51. The fourth-order valence-corrected chi connectivity index (χ4v) is 9.78. The fourth-order valence-electron chi connectivity index (χ4n) is 9.78. The third-order valence-corrected chi connectivity index (χ3v) is 12.2. The lowest BCUT2D eigenvalue weighted by molar-refractivity contribution is 0.438. The van der Waals surface area contributed by atoms with E-state index in [0.29, 0.717) is 5.82 Å². The summed E-state index contributed by atoms with van der Waals surface area (Å²) in [6, 6.07) is 65.2. The van der Waals surface area contributed by atoms with Crippen molar-refractivity contribution < 1.29 is 4.74 Å². The highest BCUT2D eigenvalue weighted by atomic mass is 16.5. The van der Waals surface area contributed by atoms with Gasteiger partial charge in [0.05, 0.1) is 16.8 Å². The van der Waals surface area contributed by atoms with E-state index in [-0.39, 0.29) is 0 Å². The van der Waals surface area contributed by atoms with Gasteiger partial charge in [-0.3, -0.25) is 0 Å². The monoisotopic (exact) mass is 726 g/mol. The Morgan fingerprint density at radius 2 is 1.07 bits per heavy atom. The van der Waals surface area contributed by atoms with Gasteiger partial charge >= 0.3 is 0 Å². The molecule has 0 unspecified atom stereocenters. The Hall–Kier alpha value is -7.36. The summed E-state index contributed by atoms with van der Waals surface area (Å²) in [5.41, 5.74) is 16.2. The topological polar surface area (TPSA) is 35.0 Å². The summed E-state index contributed by atoms with van der Waals surface area (Å²) in [4.78, 5) is 10.7. The van der Waals surface area contributed by atoms with Crippen molar-refractivity contribution in [3.05, 3.63) is 221 Å². The van der Waals surface area contributed by atoms with Crippen molar-refractivity contribution in [3.8, 4) is 67.7 Å². The molecule has 1 spiro atoms. The van der Waals surface area contributed by atoms with Gasteiger partial charge in [-0.1, -0.05) is 170 Å². The van der Waals surface area contributed by atoms with Gasteiger partial charge in [0.25, 0.3) is 0 Å². The summed E-state index contributed by atoms with van der Waals surface area (Å²) < 4.78 is 7.09. The van der Waals surface area contributed by atoms with Crippen molar-refractivity contribution in [2.75, 3.05) is 0 Å². The zero-order valence-corrected chi connectivity index (χ0v) is 31.0. The predicted octanol–water partition coefficient (Wildman–Crippen LogP) is 13.3. The van der Waals surface area contributed by atoms with Gasteiger partial charge in [0.15, 0.2) is 5.82 Å². The zero-order valence-electron chi connectivity index (χ0n) is 31.0. The zero-order chi connectivity index (χ0) is 37.5. The van der Waals surface area contributed by atoms with Crippen molar-refractivity contribution in [2.24, 2.45) is 0 Å². The molecule has 0 atom stereocenters. The van der Waals surface area contributed by atoms with Gasteiger partial charge in [-0.2, -0.15) is 0 Å². The van der Waals surface area contributed by atoms with E-state index >= 15 is 0 Å². The van der Waals surface area contributed by atoms with E-state index in [1.54, 1.807) is 0 Å². The molecule has 0 saturated heterocycles. The summed E-state index contributed by atoms with van der Waals surface area (Å²) in [6.07, 6.45) is 5.46. The number of ether oxygens (including phenoxy) is 1. The van der Waals surface area contributed by atoms with Gasteiger partial charge in [0, 0.05) is 33.4 Å². The van der Waals surface area contributed by atoms with Crippen LogP contribution in [0.4, 0.5) is 0 Å². The number of allylic oxidation sites excluding steroid dienone is 1. The van der Waals surface area contributed by atoms with Crippen LogP contribution in [0.3, 0.4) is 0 Å². The van der Waals surface area contributed by atoms with Gasteiger partial charge in [0.1, 0.15) is 11.5 Å². The fraction of sp³-hybridized carbons (Fsp3) is 0.0370. The van der Waals surface area contributed by atoms with Crippen LogP contribution in [-0.2, 0) is 11.8 Å². The minimum absolute atomic E-state index is 0.552. The first-order valence-electron chi connectivity index (χ1n) is 19.6. The molecule has 9 aromatic rings. The molecular formula is C54H34N2O. The molecule has 3 nitrogen and oxygen atoms in total. The number of rotatable bonds is 4. The van der Waals surface area contributed by atoms with Crippen LogP contribution in [0.15, 0.2) is 188 Å². The Balaban J connectivity index is 1.10. The normalized spacial score (nSPS) is 13.8. The molecule has 0 bridgehead atoms. The number of benzene rings is 8. The van der Waals surface area contributed by atoms with Crippen molar-refractivity contribution in [1.29, 1.82) is 0 Å². The van der Waals surface area contributed by atoms with E-state index in [9.17, 15) is 0 Å². The van der Waals surface area contributed by atoms with Crippen LogP contribution in [0.2, 0.25) is 0 Å². The smallest absolute Gasteiger partial charge is 0.161 e. The van der Waals surface area contributed by atoms with E-state index in [0.717, 1.165) is 68.3 Å². The molecule has 266 valence electrons. The van der Waals surface area contributed by atoms with Gasteiger partial charge in [-0.15, -0.1) is 0 Å². The Morgan fingerprint density at radius 1 is 0.456 bits per heavy atom. The standard InChI is InChI=1S/C54H34N2O/c1-2-15-34(16-3-1)48-33-49(38-31-36-19-12-17-35-18-13-20-37(32-38)51(35)36)56-53(55-48)43-24-5-4-21-39(43)42-25-14-29-47-52(42)57-50-30-11-10-28-46(50)54(47)44-26-8-6-22-40(44)41-23-7-9-27-45(41)54/h1-17,19-33H,18H2. The summed E-state index contributed by atoms with van der Waals surface area (Å²) >= 11 is 0. The van der Waals surface area contributed by atoms with Crippen LogP contribution in [0.1, 0.15) is 33.4 Å². The number of nitrogens with zero attached hydrogens (tertiary/aromatic N) is 2. The minimum atomic E-state index is -0.552. The van der Waals surface area contributed by atoms with Crippen LogP contribution in [0.5, 0.6) is 11.5 Å². The Bertz CT molecular complexity index is 3100. The third kappa shape index (κ3) is 4.66. The van der Waals surface area contributed by atoms with Crippen LogP contribution in [-0.4, -0.2) is 9.97 Å². The first-order chi connectivity index (χ1) is 28.3. The number of aromatic nitrogens is 2. The number of para-hydroxylation sites is 2. The van der Waals surface area contributed by atoms with E-state index in [2.05, 4.69) is 188 Å². The molecule has 1 aromatic heterocycles. The summed E-state index contributed by atoms with van der Waals surface area (Å²) in [5, 5.41) is 2.55. The average Bonchev–Trinajstić information content (AvgIpc) is 3.57. The molecule has 0 fully saturated rings. The lowest BCUT2D eigenvalue weighted by Crippen LogP contribution is -2.32. The molecule has 3 aliphatic rings. The number of hydrogen-bond donors (Lipinski definition) is 0. The first-order valence-corrected chi connectivity index (χ1v) is 19.6.